The Labute approximate surface area is 174 Å². The van der Waals surface area contributed by atoms with Gasteiger partial charge in [0.1, 0.15) is 5.65 Å². The van der Waals surface area contributed by atoms with E-state index in [4.69, 9.17) is 33.2 Å². The first kappa shape index (κ1) is 18.8. The van der Waals surface area contributed by atoms with Crippen LogP contribution in [-0.2, 0) is 6.54 Å². The molecule has 0 saturated heterocycles. The van der Waals surface area contributed by atoms with Crippen molar-refractivity contribution < 1.29 is 0 Å². The summed E-state index contributed by atoms with van der Waals surface area (Å²) < 4.78 is 2.15. The van der Waals surface area contributed by atoms with Crippen LogP contribution in [0.1, 0.15) is 18.2 Å². The summed E-state index contributed by atoms with van der Waals surface area (Å²) in [6, 6.07) is 17.9. The first-order valence-electron chi connectivity index (χ1n) is 9.17. The highest BCUT2D eigenvalue weighted by atomic mass is 35.5. The third kappa shape index (κ3) is 3.58. The van der Waals surface area contributed by atoms with Crippen LogP contribution in [0.2, 0.25) is 10.0 Å². The van der Waals surface area contributed by atoms with Crippen LogP contribution in [0.5, 0.6) is 0 Å². The average molecular weight is 411 g/mol. The fourth-order valence-electron chi connectivity index (χ4n) is 3.35. The van der Waals surface area contributed by atoms with Gasteiger partial charge in [0.15, 0.2) is 0 Å². The molecule has 0 unspecified atom stereocenters. The number of nitrogens with zero attached hydrogens (tertiary/aromatic N) is 4. The number of anilines is 2. The maximum Gasteiger partial charge on any atom is 0.232 e. The van der Waals surface area contributed by atoms with Crippen LogP contribution in [-0.4, -0.2) is 21.1 Å². The molecule has 0 aliphatic carbocycles. The van der Waals surface area contributed by atoms with Gasteiger partial charge in [-0.25, -0.2) is 4.98 Å². The number of aryl methyl sites for hydroxylation is 1. The maximum absolute atomic E-state index is 6.44. The van der Waals surface area contributed by atoms with Crippen LogP contribution >= 0.6 is 23.2 Å². The lowest BCUT2D eigenvalue weighted by Gasteiger charge is -2.23. The molecule has 4 nitrogen and oxygen atoms in total. The van der Waals surface area contributed by atoms with Crippen LogP contribution in [0.15, 0.2) is 60.8 Å². The summed E-state index contributed by atoms with van der Waals surface area (Å²) in [6.07, 6.45) is 2.06. The second-order valence-corrected chi connectivity index (χ2v) is 7.46. The Hall–Kier alpha value is -2.56. The SMILES string of the molecule is CCN(c1nc(C)c2ccn(Cc3ccccc3)c2n1)c1ccc(Cl)cc1Cl. The molecule has 0 saturated carbocycles. The van der Waals surface area contributed by atoms with Crippen molar-refractivity contribution >= 4 is 45.9 Å². The van der Waals surface area contributed by atoms with Crippen LogP contribution in [0, 0.1) is 6.92 Å². The normalized spacial score (nSPS) is 11.1. The molecule has 2 aromatic heterocycles. The van der Waals surface area contributed by atoms with Gasteiger partial charge in [0.25, 0.3) is 0 Å². The zero-order valence-corrected chi connectivity index (χ0v) is 17.2. The molecule has 6 heteroatoms. The molecule has 0 amide bonds. The Morgan fingerprint density at radius 2 is 1.79 bits per heavy atom. The highest BCUT2D eigenvalue weighted by Gasteiger charge is 2.17. The molecule has 2 heterocycles. The van der Waals surface area contributed by atoms with E-state index in [-0.39, 0.29) is 0 Å². The van der Waals surface area contributed by atoms with Gasteiger partial charge in [-0.1, -0.05) is 53.5 Å². The van der Waals surface area contributed by atoms with Gasteiger partial charge in [0.05, 0.1) is 16.4 Å². The van der Waals surface area contributed by atoms with Gasteiger partial charge < -0.3 is 9.47 Å². The van der Waals surface area contributed by atoms with Crippen molar-refractivity contribution in [3.8, 4) is 0 Å². The third-order valence-electron chi connectivity index (χ3n) is 4.75. The Morgan fingerprint density at radius 3 is 2.50 bits per heavy atom. The van der Waals surface area contributed by atoms with E-state index in [0.717, 1.165) is 29.0 Å². The molecule has 0 bridgehead atoms. The summed E-state index contributed by atoms with van der Waals surface area (Å²) in [7, 11) is 0. The minimum absolute atomic E-state index is 0.579. The molecular weight excluding hydrogens is 391 g/mol. The second-order valence-electron chi connectivity index (χ2n) is 6.62. The predicted molar refractivity (Wildman–Crippen MR) is 117 cm³/mol. The zero-order valence-electron chi connectivity index (χ0n) is 15.7. The van der Waals surface area contributed by atoms with E-state index in [2.05, 4.69) is 35.9 Å². The summed E-state index contributed by atoms with van der Waals surface area (Å²) >= 11 is 12.5. The van der Waals surface area contributed by atoms with Gasteiger partial charge in [0.2, 0.25) is 5.95 Å². The summed E-state index contributed by atoms with van der Waals surface area (Å²) in [5, 5.41) is 2.24. The number of rotatable bonds is 5. The minimum atomic E-state index is 0.579. The lowest BCUT2D eigenvalue weighted by Crippen LogP contribution is -2.20. The molecule has 0 N–H and O–H groups in total. The van der Waals surface area contributed by atoms with E-state index in [1.165, 1.54) is 5.56 Å². The molecule has 0 atom stereocenters. The smallest absolute Gasteiger partial charge is 0.232 e. The zero-order chi connectivity index (χ0) is 19.7. The highest BCUT2D eigenvalue weighted by molar-refractivity contribution is 6.36. The molecule has 142 valence electrons. The first-order chi connectivity index (χ1) is 13.6. The van der Waals surface area contributed by atoms with Crippen molar-refractivity contribution in [3.05, 3.63) is 82.1 Å². The number of hydrogen-bond acceptors (Lipinski definition) is 3. The lowest BCUT2D eigenvalue weighted by molar-refractivity contribution is 0.819. The van der Waals surface area contributed by atoms with E-state index in [1.807, 2.05) is 42.2 Å². The molecule has 28 heavy (non-hydrogen) atoms. The third-order valence-corrected chi connectivity index (χ3v) is 5.29. The Morgan fingerprint density at radius 1 is 1.00 bits per heavy atom. The number of hydrogen-bond donors (Lipinski definition) is 0. The molecule has 0 aliphatic heterocycles. The molecule has 4 aromatic rings. The predicted octanol–water partition coefficient (Wildman–Crippen LogP) is 6.25. The first-order valence-corrected chi connectivity index (χ1v) is 9.92. The van der Waals surface area contributed by atoms with Crippen molar-refractivity contribution in [3.63, 3.8) is 0 Å². The van der Waals surface area contributed by atoms with Gasteiger partial charge in [-0.3, -0.25) is 0 Å². The van der Waals surface area contributed by atoms with E-state index >= 15 is 0 Å². The Bertz CT molecular complexity index is 1120. The second kappa shape index (κ2) is 7.82. The van der Waals surface area contributed by atoms with Crippen LogP contribution in [0.4, 0.5) is 11.6 Å². The van der Waals surface area contributed by atoms with Gasteiger partial charge in [-0.05, 0) is 43.7 Å². The Balaban J connectivity index is 1.79. The average Bonchev–Trinajstić information content (AvgIpc) is 3.08. The molecule has 4 rings (SSSR count). The summed E-state index contributed by atoms with van der Waals surface area (Å²) in [5.41, 5.74) is 3.92. The number of halogens is 2. The van der Waals surface area contributed by atoms with Gasteiger partial charge in [-0.2, -0.15) is 4.98 Å². The molecule has 0 spiro atoms. The molecule has 0 radical (unpaired) electrons. The van der Waals surface area contributed by atoms with Crippen molar-refractivity contribution in [1.82, 2.24) is 14.5 Å². The van der Waals surface area contributed by atoms with Crippen LogP contribution in [0.3, 0.4) is 0 Å². The van der Waals surface area contributed by atoms with E-state index < -0.39 is 0 Å². The van der Waals surface area contributed by atoms with Crippen molar-refractivity contribution in [1.29, 1.82) is 0 Å². The number of aromatic nitrogens is 3. The van der Waals surface area contributed by atoms with Crippen LogP contribution < -0.4 is 4.90 Å². The van der Waals surface area contributed by atoms with Crippen molar-refractivity contribution in [2.45, 2.75) is 20.4 Å². The molecule has 2 aromatic carbocycles. The number of fused-ring (bicyclic) bond motifs is 1. The van der Waals surface area contributed by atoms with Crippen molar-refractivity contribution in [2.24, 2.45) is 0 Å². The monoisotopic (exact) mass is 410 g/mol. The maximum atomic E-state index is 6.44. The fourth-order valence-corrected chi connectivity index (χ4v) is 3.86. The number of benzene rings is 2. The summed E-state index contributed by atoms with van der Waals surface area (Å²) in [4.78, 5) is 11.6. The van der Waals surface area contributed by atoms with Gasteiger partial charge >= 0.3 is 0 Å². The minimum Gasteiger partial charge on any atom is -0.328 e. The Kier molecular flexibility index (Phi) is 5.25. The highest BCUT2D eigenvalue weighted by Crippen LogP contribution is 2.33. The van der Waals surface area contributed by atoms with E-state index in [1.54, 1.807) is 6.07 Å². The van der Waals surface area contributed by atoms with E-state index in [0.29, 0.717) is 22.5 Å². The van der Waals surface area contributed by atoms with E-state index in [9.17, 15) is 0 Å². The summed E-state index contributed by atoms with van der Waals surface area (Å²) in [5.74, 6) is 0.629. The topological polar surface area (TPSA) is 34.0 Å². The van der Waals surface area contributed by atoms with Crippen molar-refractivity contribution in [2.75, 3.05) is 11.4 Å². The van der Waals surface area contributed by atoms with Gasteiger partial charge in [0, 0.05) is 29.7 Å². The van der Waals surface area contributed by atoms with Gasteiger partial charge in [-0.15, -0.1) is 0 Å². The van der Waals surface area contributed by atoms with Crippen LogP contribution in [0.25, 0.3) is 11.0 Å². The molecular formula is C22H20Cl2N4. The quantitative estimate of drug-likeness (QED) is 0.389. The largest absolute Gasteiger partial charge is 0.328 e. The molecule has 0 aliphatic rings. The lowest BCUT2D eigenvalue weighted by atomic mass is 10.2. The standard InChI is InChI=1S/C22H20Cl2N4/c1-3-28(20-10-9-17(23)13-19(20)24)22-25-15(2)18-11-12-27(21(18)26-22)14-16-7-5-4-6-8-16/h4-13H,3,14H2,1-2H3. The fraction of sp³-hybridized carbons (Fsp3) is 0.182. The molecule has 0 fully saturated rings. The summed E-state index contributed by atoms with van der Waals surface area (Å²) in [6.45, 7) is 5.51.